The van der Waals surface area contributed by atoms with Gasteiger partial charge in [0.25, 0.3) is 5.91 Å². The predicted molar refractivity (Wildman–Crippen MR) is 120 cm³/mol. The first-order valence-electron chi connectivity index (χ1n) is 9.09. The number of methoxy groups -OCH3 is 1. The SMILES string of the molecule is CCCNC(=O)c1cccc(CNC(=NC)NCCCOCCOC)c1.I. The molecule has 1 amide bonds. The van der Waals surface area contributed by atoms with Crippen LogP contribution in [0.25, 0.3) is 0 Å². The Hall–Kier alpha value is -1.39. The average molecular weight is 492 g/mol. The Kier molecular flexibility index (Phi) is 15.9. The van der Waals surface area contributed by atoms with Crippen molar-refractivity contribution in [2.24, 2.45) is 4.99 Å². The molecule has 1 aromatic carbocycles. The Morgan fingerprint density at radius 1 is 1.11 bits per heavy atom. The molecule has 0 radical (unpaired) electrons. The molecule has 1 aromatic rings. The van der Waals surface area contributed by atoms with E-state index in [-0.39, 0.29) is 29.9 Å². The highest BCUT2D eigenvalue weighted by molar-refractivity contribution is 14.0. The molecule has 154 valence electrons. The number of rotatable bonds is 12. The maximum Gasteiger partial charge on any atom is 0.251 e. The molecule has 7 nitrogen and oxygen atoms in total. The van der Waals surface area contributed by atoms with Crippen LogP contribution in [0.3, 0.4) is 0 Å². The summed E-state index contributed by atoms with van der Waals surface area (Å²) in [7, 11) is 3.40. The Bertz CT molecular complexity index is 556. The lowest BCUT2D eigenvalue weighted by Crippen LogP contribution is -2.37. The molecule has 0 fully saturated rings. The highest BCUT2D eigenvalue weighted by atomic mass is 127. The fraction of sp³-hybridized carbons (Fsp3) is 0.579. The lowest BCUT2D eigenvalue weighted by molar-refractivity contribution is 0.0698. The van der Waals surface area contributed by atoms with Gasteiger partial charge in [-0.25, -0.2) is 0 Å². The van der Waals surface area contributed by atoms with Crippen molar-refractivity contribution < 1.29 is 14.3 Å². The molecule has 0 bridgehead atoms. The molecule has 0 atom stereocenters. The van der Waals surface area contributed by atoms with Crippen LogP contribution < -0.4 is 16.0 Å². The van der Waals surface area contributed by atoms with Gasteiger partial charge in [0, 0.05) is 46.0 Å². The number of benzene rings is 1. The van der Waals surface area contributed by atoms with Gasteiger partial charge in [-0.15, -0.1) is 24.0 Å². The summed E-state index contributed by atoms with van der Waals surface area (Å²) in [5.74, 6) is 0.687. The van der Waals surface area contributed by atoms with Gasteiger partial charge in [-0.3, -0.25) is 9.79 Å². The van der Waals surface area contributed by atoms with Crippen LogP contribution in [0.1, 0.15) is 35.7 Å². The molecule has 0 aliphatic heterocycles. The molecular weight excluding hydrogens is 459 g/mol. The second-order valence-corrected chi connectivity index (χ2v) is 5.77. The van der Waals surface area contributed by atoms with E-state index in [2.05, 4.69) is 20.9 Å². The van der Waals surface area contributed by atoms with E-state index in [1.54, 1.807) is 14.2 Å². The number of ether oxygens (including phenoxy) is 2. The average Bonchev–Trinajstić information content (AvgIpc) is 2.67. The van der Waals surface area contributed by atoms with E-state index >= 15 is 0 Å². The highest BCUT2D eigenvalue weighted by Gasteiger charge is 2.05. The van der Waals surface area contributed by atoms with E-state index in [0.717, 1.165) is 30.9 Å². The van der Waals surface area contributed by atoms with Gasteiger partial charge < -0.3 is 25.4 Å². The van der Waals surface area contributed by atoms with Crippen LogP contribution in [0.15, 0.2) is 29.3 Å². The second kappa shape index (κ2) is 16.8. The van der Waals surface area contributed by atoms with Crippen molar-refractivity contribution in [3.63, 3.8) is 0 Å². The molecule has 0 unspecified atom stereocenters. The minimum Gasteiger partial charge on any atom is -0.382 e. The van der Waals surface area contributed by atoms with Gasteiger partial charge >= 0.3 is 0 Å². The van der Waals surface area contributed by atoms with Crippen molar-refractivity contribution in [3.05, 3.63) is 35.4 Å². The van der Waals surface area contributed by atoms with Crippen LogP contribution >= 0.6 is 24.0 Å². The quantitative estimate of drug-likeness (QED) is 0.180. The Balaban J connectivity index is 0.00000676. The van der Waals surface area contributed by atoms with Crippen molar-refractivity contribution in [2.45, 2.75) is 26.3 Å². The Morgan fingerprint density at radius 3 is 2.63 bits per heavy atom. The third-order valence-corrected chi connectivity index (χ3v) is 3.60. The number of carbonyl (C=O) groups excluding carboxylic acids is 1. The first-order chi connectivity index (χ1) is 12.7. The molecular formula is C19H33IN4O3. The van der Waals surface area contributed by atoms with Gasteiger partial charge in [0.05, 0.1) is 13.2 Å². The number of nitrogens with zero attached hydrogens (tertiary/aromatic N) is 1. The van der Waals surface area contributed by atoms with E-state index in [4.69, 9.17) is 9.47 Å². The zero-order chi connectivity index (χ0) is 19.0. The summed E-state index contributed by atoms with van der Waals surface area (Å²) in [6, 6.07) is 7.60. The van der Waals surface area contributed by atoms with Crippen molar-refractivity contribution in [3.8, 4) is 0 Å². The number of halogens is 1. The fourth-order valence-electron chi connectivity index (χ4n) is 2.19. The Labute approximate surface area is 179 Å². The monoisotopic (exact) mass is 492 g/mol. The third kappa shape index (κ3) is 11.8. The maximum atomic E-state index is 12.0. The zero-order valence-electron chi connectivity index (χ0n) is 16.5. The number of nitrogens with one attached hydrogen (secondary N) is 3. The number of hydrogen-bond acceptors (Lipinski definition) is 4. The summed E-state index contributed by atoms with van der Waals surface area (Å²) in [5, 5.41) is 9.39. The van der Waals surface area contributed by atoms with Crippen molar-refractivity contribution in [1.82, 2.24) is 16.0 Å². The first-order valence-corrected chi connectivity index (χ1v) is 9.09. The number of hydrogen-bond donors (Lipinski definition) is 3. The second-order valence-electron chi connectivity index (χ2n) is 5.77. The fourth-order valence-corrected chi connectivity index (χ4v) is 2.19. The summed E-state index contributed by atoms with van der Waals surface area (Å²) >= 11 is 0. The summed E-state index contributed by atoms with van der Waals surface area (Å²) in [5.41, 5.74) is 1.70. The number of amides is 1. The van der Waals surface area contributed by atoms with Gasteiger partial charge in [-0.1, -0.05) is 19.1 Å². The molecule has 0 aromatic heterocycles. The Morgan fingerprint density at radius 2 is 1.93 bits per heavy atom. The molecule has 0 heterocycles. The summed E-state index contributed by atoms with van der Waals surface area (Å²) in [6.07, 6.45) is 1.81. The highest BCUT2D eigenvalue weighted by Crippen LogP contribution is 2.05. The van der Waals surface area contributed by atoms with E-state index < -0.39 is 0 Å². The largest absolute Gasteiger partial charge is 0.382 e. The maximum absolute atomic E-state index is 12.0. The number of carbonyl (C=O) groups is 1. The lowest BCUT2D eigenvalue weighted by Gasteiger charge is -2.12. The van der Waals surface area contributed by atoms with Crippen LogP contribution in [0.2, 0.25) is 0 Å². The number of aliphatic imine (C=N–C) groups is 1. The van der Waals surface area contributed by atoms with E-state index in [0.29, 0.717) is 38.5 Å². The van der Waals surface area contributed by atoms with Crippen LogP contribution in [-0.4, -0.2) is 58.9 Å². The van der Waals surface area contributed by atoms with Crippen molar-refractivity contribution in [1.29, 1.82) is 0 Å². The predicted octanol–water partition coefficient (Wildman–Crippen LogP) is 2.16. The smallest absolute Gasteiger partial charge is 0.251 e. The van der Waals surface area contributed by atoms with Gasteiger partial charge in [-0.05, 0) is 30.5 Å². The summed E-state index contributed by atoms with van der Waals surface area (Å²) in [4.78, 5) is 16.2. The van der Waals surface area contributed by atoms with E-state index in [1.807, 2.05) is 31.2 Å². The van der Waals surface area contributed by atoms with E-state index in [1.165, 1.54) is 0 Å². The van der Waals surface area contributed by atoms with E-state index in [9.17, 15) is 4.79 Å². The van der Waals surface area contributed by atoms with Gasteiger partial charge in [0.2, 0.25) is 0 Å². The molecule has 0 saturated heterocycles. The van der Waals surface area contributed by atoms with Crippen LogP contribution in [0, 0.1) is 0 Å². The minimum atomic E-state index is -0.0373. The van der Waals surface area contributed by atoms with Crippen molar-refractivity contribution >= 4 is 35.8 Å². The normalized spacial score (nSPS) is 10.9. The molecule has 0 saturated carbocycles. The molecule has 0 aliphatic carbocycles. The lowest BCUT2D eigenvalue weighted by atomic mass is 10.1. The zero-order valence-corrected chi connectivity index (χ0v) is 18.9. The molecule has 0 aliphatic rings. The standard InChI is InChI=1S/C19H32N4O3.HI/c1-4-9-21-18(24)17-8-5-7-16(14-17)15-23-19(20-2)22-10-6-11-26-13-12-25-3;/h5,7-8,14H,4,6,9-13,15H2,1-3H3,(H,21,24)(H2,20,22,23);1H. The topological polar surface area (TPSA) is 84.0 Å². The summed E-state index contributed by atoms with van der Waals surface area (Å²) < 4.78 is 10.3. The van der Waals surface area contributed by atoms with Crippen LogP contribution in [0.5, 0.6) is 0 Å². The molecule has 8 heteroatoms. The number of guanidine groups is 1. The summed E-state index contributed by atoms with van der Waals surface area (Å²) in [6.45, 7) is 6.00. The van der Waals surface area contributed by atoms with Gasteiger partial charge in [0.15, 0.2) is 5.96 Å². The molecule has 0 spiro atoms. The van der Waals surface area contributed by atoms with Gasteiger partial charge in [0.1, 0.15) is 0 Å². The molecule has 27 heavy (non-hydrogen) atoms. The minimum absolute atomic E-state index is 0. The third-order valence-electron chi connectivity index (χ3n) is 3.60. The first kappa shape index (κ1) is 25.6. The van der Waals surface area contributed by atoms with Crippen LogP contribution in [0.4, 0.5) is 0 Å². The van der Waals surface area contributed by atoms with Gasteiger partial charge in [-0.2, -0.15) is 0 Å². The van der Waals surface area contributed by atoms with Crippen molar-refractivity contribution in [2.75, 3.05) is 47.1 Å². The molecule has 1 rings (SSSR count). The molecule has 3 N–H and O–H groups in total. The van der Waals surface area contributed by atoms with Crippen LogP contribution in [-0.2, 0) is 16.0 Å².